The van der Waals surface area contributed by atoms with E-state index in [0.717, 1.165) is 23.5 Å². The van der Waals surface area contributed by atoms with Gasteiger partial charge in [0, 0.05) is 0 Å². The van der Waals surface area contributed by atoms with Crippen LogP contribution in [0.3, 0.4) is 0 Å². The Morgan fingerprint density at radius 2 is 0.974 bits per heavy atom. The van der Waals surface area contributed by atoms with Crippen LogP contribution in [0.15, 0.2) is 133 Å². The normalized spacial score (nSPS) is 13.8. The van der Waals surface area contributed by atoms with E-state index in [9.17, 15) is 0 Å². The molecular weight excluding hydrogens is 585 g/mol. The Hall–Kier alpha value is -3.50. The summed E-state index contributed by atoms with van der Waals surface area (Å²) in [6.07, 6.45) is 1.11. The van der Waals surface area contributed by atoms with Crippen LogP contribution in [0.2, 0.25) is 0 Å². The van der Waals surface area contributed by atoms with E-state index in [1.807, 2.05) is 0 Å². The van der Waals surface area contributed by atoms with Crippen molar-refractivity contribution in [2.24, 2.45) is 0 Å². The molecule has 0 aromatic heterocycles. The average molecular weight is 624 g/mol. The zero-order valence-corrected chi connectivity index (χ0v) is 25.6. The molecule has 0 radical (unpaired) electrons. The van der Waals surface area contributed by atoms with Crippen LogP contribution in [-0.4, -0.2) is 4.51 Å². The van der Waals surface area contributed by atoms with Crippen molar-refractivity contribution in [1.82, 2.24) is 0 Å². The fourth-order valence-corrected chi connectivity index (χ4v) is 11.8. The number of rotatable bonds is 8. The van der Waals surface area contributed by atoms with E-state index in [1.165, 1.54) is 21.8 Å². The summed E-state index contributed by atoms with van der Waals surface area (Å²) in [4.78, 5) is 2.35. The van der Waals surface area contributed by atoms with Crippen molar-refractivity contribution in [2.45, 2.75) is 39.5 Å². The molecule has 198 valence electrons. The number of hydrogen-bond donors (Lipinski definition) is 0. The Bertz CT molecular complexity index is 1550. The second kappa shape index (κ2) is 11.3. The molecule has 1 nitrogen and oxygen atoms in total. The Balaban J connectivity index is 1.59. The van der Waals surface area contributed by atoms with Gasteiger partial charge in [0.05, 0.1) is 0 Å². The maximum absolute atomic E-state index is 5.01. The van der Waals surface area contributed by atoms with Gasteiger partial charge in [0.1, 0.15) is 0 Å². The third-order valence-electron chi connectivity index (χ3n) is 7.75. The molecule has 0 heterocycles. The van der Waals surface area contributed by atoms with Crippen LogP contribution in [0.25, 0.3) is 0 Å². The van der Waals surface area contributed by atoms with Crippen molar-refractivity contribution in [3.8, 4) is 0 Å². The van der Waals surface area contributed by atoms with Gasteiger partial charge >= 0.3 is 239 Å². The van der Waals surface area contributed by atoms with E-state index >= 15 is 0 Å². The minimum atomic E-state index is -2.98. The molecule has 0 fully saturated rings. The molecule has 0 aliphatic heterocycles. The summed E-state index contributed by atoms with van der Waals surface area (Å²) in [5.41, 5.74) is 6.26. The Morgan fingerprint density at radius 3 is 1.49 bits per heavy atom. The van der Waals surface area contributed by atoms with Crippen LogP contribution in [0.5, 0.6) is 0 Å². The zero-order valence-electron chi connectivity index (χ0n) is 23.4. The molecule has 1 atom stereocenters. The van der Waals surface area contributed by atoms with Gasteiger partial charge in [-0.1, -0.05) is 0 Å². The van der Waals surface area contributed by atoms with E-state index in [4.69, 9.17) is 4.51 Å². The van der Waals surface area contributed by atoms with E-state index in [0.29, 0.717) is 0 Å². The first kappa shape index (κ1) is 27.1. The molecule has 0 bridgehead atoms. The summed E-state index contributed by atoms with van der Waals surface area (Å²) in [6, 6.07) is 48.8. The first-order valence-corrected chi connectivity index (χ1v) is 18.4. The molecule has 5 aromatic carbocycles. The van der Waals surface area contributed by atoms with E-state index in [-0.39, 0.29) is 5.41 Å². The average Bonchev–Trinajstić information content (AvgIpc) is 2.99. The summed E-state index contributed by atoms with van der Waals surface area (Å²) in [5.74, 6) is 0. The summed E-state index contributed by atoms with van der Waals surface area (Å²) < 4.78 is 9.07. The molecule has 0 aliphatic carbocycles. The summed E-state index contributed by atoms with van der Waals surface area (Å²) in [5, 5.41) is 0. The molecule has 0 N–H and O–H groups in total. The minimum absolute atomic E-state index is 0.161. The molecule has 0 saturated heterocycles. The SMILES string of the molecule is C=I(c1ccccc1)(c1ccc(C)cc1)c1ccc(N(c2ccccc2)c2ccc(C(C)(C)CC)cc2)cc1. The second-order valence-corrected chi connectivity index (χ2v) is 18.4. The van der Waals surface area contributed by atoms with Crippen molar-refractivity contribution < 1.29 is 0 Å². The number of aryl methyl sites for hydroxylation is 1. The zero-order chi connectivity index (χ0) is 27.5. The van der Waals surface area contributed by atoms with Crippen LogP contribution >= 0.6 is 18.0 Å². The van der Waals surface area contributed by atoms with Crippen molar-refractivity contribution in [3.63, 3.8) is 0 Å². The Labute approximate surface area is 238 Å². The third-order valence-corrected chi connectivity index (χ3v) is 16.3. The van der Waals surface area contributed by atoms with Crippen LogP contribution < -0.4 is 4.90 Å². The molecule has 0 aliphatic rings. The van der Waals surface area contributed by atoms with Gasteiger partial charge in [0.15, 0.2) is 0 Å². The summed E-state index contributed by atoms with van der Waals surface area (Å²) >= 11 is -2.98. The molecule has 5 aromatic rings. The van der Waals surface area contributed by atoms with E-state index in [1.54, 1.807) is 0 Å². The van der Waals surface area contributed by atoms with Crippen molar-refractivity contribution >= 4 is 39.5 Å². The van der Waals surface area contributed by atoms with Gasteiger partial charge in [-0.3, -0.25) is 0 Å². The first-order valence-electron chi connectivity index (χ1n) is 13.6. The van der Waals surface area contributed by atoms with Crippen molar-refractivity contribution in [2.75, 3.05) is 4.90 Å². The van der Waals surface area contributed by atoms with E-state index in [2.05, 4.69) is 166 Å². The molecule has 0 amide bonds. The molecule has 5 rings (SSSR count). The quantitative estimate of drug-likeness (QED) is 0.156. The van der Waals surface area contributed by atoms with Gasteiger partial charge in [0.2, 0.25) is 0 Å². The summed E-state index contributed by atoms with van der Waals surface area (Å²) in [6.45, 7) is 9.02. The molecule has 0 saturated carbocycles. The van der Waals surface area contributed by atoms with Crippen LogP contribution in [0.1, 0.15) is 38.3 Å². The Kier molecular flexibility index (Phi) is 7.86. The monoisotopic (exact) mass is 623 g/mol. The van der Waals surface area contributed by atoms with E-state index < -0.39 is 18.0 Å². The number of benzene rings is 5. The number of hydrogen-bond acceptors (Lipinski definition) is 1. The first-order chi connectivity index (χ1) is 18.8. The standard InChI is InChI=1S/C37H38IN/c1-6-37(3,4)30-19-25-35(26-20-30)39(34-15-11-8-12-16-34)36-27-23-33(24-28-36)38(5,31-13-9-7-10-14-31)32-21-17-29(2)18-22-32/h7-28H,5-6H2,1-4H3. The predicted molar refractivity (Wildman–Crippen MR) is 179 cm³/mol. The molecule has 39 heavy (non-hydrogen) atoms. The van der Waals surface area contributed by atoms with Crippen LogP contribution in [-0.2, 0) is 5.41 Å². The fraction of sp³-hybridized carbons (Fsp3) is 0.162. The molecule has 1 unspecified atom stereocenters. The van der Waals surface area contributed by atoms with Gasteiger partial charge < -0.3 is 0 Å². The number of anilines is 3. The van der Waals surface area contributed by atoms with Gasteiger partial charge in [-0.25, -0.2) is 0 Å². The predicted octanol–water partition coefficient (Wildman–Crippen LogP) is 10.5. The topological polar surface area (TPSA) is 3.24 Å². The molecular formula is C37H38IN. The molecule has 2 heteroatoms. The fourth-order valence-electron chi connectivity index (χ4n) is 4.85. The van der Waals surface area contributed by atoms with Gasteiger partial charge in [-0.15, -0.1) is 0 Å². The Morgan fingerprint density at radius 1 is 0.564 bits per heavy atom. The van der Waals surface area contributed by atoms with Gasteiger partial charge in [0.25, 0.3) is 0 Å². The van der Waals surface area contributed by atoms with Crippen molar-refractivity contribution in [3.05, 3.63) is 155 Å². The number of para-hydroxylation sites is 1. The maximum atomic E-state index is 5.01. The third kappa shape index (κ3) is 5.49. The van der Waals surface area contributed by atoms with Crippen LogP contribution in [0, 0.1) is 17.6 Å². The summed E-state index contributed by atoms with van der Waals surface area (Å²) in [7, 11) is 0. The van der Waals surface area contributed by atoms with Crippen molar-refractivity contribution in [1.29, 1.82) is 0 Å². The van der Waals surface area contributed by atoms with Gasteiger partial charge in [-0.2, -0.15) is 0 Å². The number of nitrogens with zero attached hydrogens (tertiary/aromatic N) is 1. The molecule has 0 spiro atoms. The van der Waals surface area contributed by atoms with Gasteiger partial charge in [-0.05, 0) is 0 Å². The van der Waals surface area contributed by atoms with Crippen LogP contribution in [0.4, 0.5) is 17.1 Å². The second-order valence-electron chi connectivity index (χ2n) is 10.7. The number of halogens is 1.